The molecule has 1 aromatic rings. The highest BCUT2D eigenvalue weighted by Gasteiger charge is 2.37. The Kier molecular flexibility index (Phi) is 3.13. The van der Waals surface area contributed by atoms with Gasteiger partial charge in [0, 0.05) is 6.61 Å². The number of nitrogens with one attached hydrogen (secondary N) is 1. The Balaban J connectivity index is 1.81. The number of hydrogen-bond acceptors (Lipinski definition) is 4. The van der Waals surface area contributed by atoms with Crippen molar-refractivity contribution in [2.45, 2.75) is 25.0 Å². The summed E-state index contributed by atoms with van der Waals surface area (Å²) in [5.74, 6) is 0.191. The minimum Gasteiger partial charge on any atom is -0.379 e. The SMILES string of the molecule is O=C1CNC(c2ccsc2)N1C1CCCOC1. The lowest BCUT2D eigenvalue weighted by atomic mass is 10.1. The molecule has 4 nitrogen and oxygen atoms in total. The molecule has 2 unspecified atom stereocenters. The van der Waals surface area contributed by atoms with Gasteiger partial charge in [0.15, 0.2) is 0 Å². The summed E-state index contributed by atoms with van der Waals surface area (Å²) in [6, 6.07) is 2.31. The molecule has 3 rings (SSSR count). The molecule has 92 valence electrons. The van der Waals surface area contributed by atoms with E-state index < -0.39 is 0 Å². The molecule has 0 radical (unpaired) electrons. The molecule has 1 amide bonds. The second-order valence-corrected chi connectivity index (χ2v) is 5.29. The van der Waals surface area contributed by atoms with Gasteiger partial charge in [0.05, 0.1) is 19.2 Å². The van der Waals surface area contributed by atoms with Gasteiger partial charge in [0.1, 0.15) is 6.17 Å². The predicted octanol–water partition coefficient (Wildman–Crippen LogP) is 1.36. The topological polar surface area (TPSA) is 41.6 Å². The summed E-state index contributed by atoms with van der Waals surface area (Å²) in [6.07, 6.45) is 2.14. The van der Waals surface area contributed by atoms with Gasteiger partial charge in [-0.25, -0.2) is 0 Å². The Bertz CT molecular complexity index is 387. The Morgan fingerprint density at radius 3 is 3.18 bits per heavy atom. The average Bonchev–Trinajstić information content (AvgIpc) is 2.98. The molecule has 3 heterocycles. The summed E-state index contributed by atoms with van der Waals surface area (Å²) in [5.41, 5.74) is 1.19. The first-order valence-corrected chi connectivity index (χ1v) is 6.95. The van der Waals surface area contributed by atoms with Crippen LogP contribution in [0.15, 0.2) is 16.8 Å². The van der Waals surface area contributed by atoms with E-state index in [9.17, 15) is 4.79 Å². The van der Waals surface area contributed by atoms with Crippen LogP contribution in [-0.2, 0) is 9.53 Å². The third-order valence-corrected chi connectivity index (χ3v) is 4.10. The molecule has 2 fully saturated rings. The molecule has 0 aliphatic carbocycles. The van der Waals surface area contributed by atoms with Crippen LogP contribution in [0.2, 0.25) is 0 Å². The van der Waals surface area contributed by atoms with Crippen LogP contribution in [0.1, 0.15) is 24.6 Å². The monoisotopic (exact) mass is 252 g/mol. The van der Waals surface area contributed by atoms with E-state index in [2.05, 4.69) is 22.1 Å². The minimum atomic E-state index is 0.0421. The van der Waals surface area contributed by atoms with Crippen molar-refractivity contribution < 1.29 is 9.53 Å². The van der Waals surface area contributed by atoms with Gasteiger partial charge >= 0.3 is 0 Å². The van der Waals surface area contributed by atoms with Crippen molar-refractivity contribution in [2.24, 2.45) is 0 Å². The fourth-order valence-corrected chi connectivity index (χ4v) is 3.26. The van der Waals surface area contributed by atoms with Gasteiger partial charge in [-0.2, -0.15) is 11.3 Å². The van der Waals surface area contributed by atoms with Gasteiger partial charge in [0.2, 0.25) is 5.91 Å². The van der Waals surface area contributed by atoms with Crippen LogP contribution in [0, 0.1) is 0 Å². The number of hydrogen-bond donors (Lipinski definition) is 1. The van der Waals surface area contributed by atoms with Crippen LogP contribution in [0.3, 0.4) is 0 Å². The van der Waals surface area contributed by atoms with Crippen molar-refractivity contribution in [3.05, 3.63) is 22.4 Å². The molecular weight excluding hydrogens is 236 g/mol. The van der Waals surface area contributed by atoms with Crippen molar-refractivity contribution in [1.82, 2.24) is 10.2 Å². The maximum Gasteiger partial charge on any atom is 0.238 e. The molecule has 2 saturated heterocycles. The zero-order valence-electron chi connectivity index (χ0n) is 9.59. The molecule has 5 heteroatoms. The van der Waals surface area contributed by atoms with E-state index in [0.717, 1.165) is 19.4 Å². The second-order valence-electron chi connectivity index (χ2n) is 4.51. The maximum atomic E-state index is 12.0. The van der Waals surface area contributed by atoms with Crippen molar-refractivity contribution >= 4 is 17.2 Å². The number of amides is 1. The first kappa shape index (κ1) is 11.2. The summed E-state index contributed by atoms with van der Waals surface area (Å²) in [4.78, 5) is 14.0. The van der Waals surface area contributed by atoms with Gasteiger partial charge in [-0.15, -0.1) is 0 Å². The van der Waals surface area contributed by atoms with Gasteiger partial charge in [-0.1, -0.05) is 0 Å². The molecule has 1 N–H and O–H groups in total. The zero-order valence-corrected chi connectivity index (χ0v) is 10.4. The van der Waals surface area contributed by atoms with Gasteiger partial charge < -0.3 is 9.64 Å². The molecule has 17 heavy (non-hydrogen) atoms. The average molecular weight is 252 g/mol. The Morgan fingerprint density at radius 2 is 2.47 bits per heavy atom. The molecule has 0 aromatic carbocycles. The van der Waals surface area contributed by atoms with E-state index in [0.29, 0.717) is 13.2 Å². The number of rotatable bonds is 2. The number of thiophene rings is 1. The lowest BCUT2D eigenvalue weighted by molar-refractivity contribution is -0.133. The van der Waals surface area contributed by atoms with E-state index >= 15 is 0 Å². The summed E-state index contributed by atoms with van der Waals surface area (Å²) in [5, 5.41) is 7.44. The van der Waals surface area contributed by atoms with Crippen molar-refractivity contribution in [2.75, 3.05) is 19.8 Å². The zero-order chi connectivity index (χ0) is 11.7. The van der Waals surface area contributed by atoms with Crippen LogP contribution < -0.4 is 5.32 Å². The Hall–Kier alpha value is -0.910. The highest BCUT2D eigenvalue weighted by molar-refractivity contribution is 7.07. The number of nitrogens with zero attached hydrogens (tertiary/aromatic N) is 1. The largest absolute Gasteiger partial charge is 0.379 e. The predicted molar refractivity (Wildman–Crippen MR) is 65.7 cm³/mol. The molecule has 2 aliphatic rings. The molecule has 2 aliphatic heterocycles. The van der Waals surface area contributed by atoms with E-state index in [1.807, 2.05) is 4.90 Å². The highest BCUT2D eigenvalue weighted by Crippen LogP contribution is 2.29. The fraction of sp³-hybridized carbons (Fsp3) is 0.583. The van der Waals surface area contributed by atoms with Crippen LogP contribution in [-0.4, -0.2) is 36.6 Å². The normalized spacial score (nSPS) is 29.9. The van der Waals surface area contributed by atoms with Gasteiger partial charge in [0.25, 0.3) is 0 Å². The summed E-state index contributed by atoms with van der Waals surface area (Å²) in [7, 11) is 0. The minimum absolute atomic E-state index is 0.0421. The van der Waals surface area contributed by atoms with Crippen molar-refractivity contribution in [1.29, 1.82) is 0 Å². The van der Waals surface area contributed by atoms with Crippen LogP contribution in [0.5, 0.6) is 0 Å². The summed E-state index contributed by atoms with van der Waals surface area (Å²) in [6.45, 7) is 1.94. The standard InChI is InChI=1S/C12H16N2O2S/c15-11-6-13-12(9-3-5-17-8-9)14(11)10-2-1-4-16-7-10/h3,5,8,10,12-13H,1-2,4,6-7H2. The van der Waals surface area contributed by atoms with Gasteiger partial charge in [-0.3, -0.25) is 10.1 Å². The fourth-order valence-electron chi connectivity index (χ4n) is 2.58. The quantitative estimate of drug-likeness (QED) is 0.864. The lowest BCUT2D eigenvalue weighted by Crippen LogP contribution is -2.44. The number of ether oxygens (including phenoxy) is 1. The molecule has 1 aromatic heterocycles. The molecular formula is C12H16N2O2S. The smallest absolute Gasteiger partial charge is 0.238 e. The molecule has 0 spiro atoms. The molecule has 0 bridgehead atoms. The Morgan fingerprint density at radius 1 is 1.53 bits per heavy atom. The highest BCUT2D eigenvalue weighted by atomic mass is 32.1. The van der Waals surface area contributed by atoms with Crippen LogP contribution >= 0.6 is 11.3 Å². The molecule has 2 atom stereocenters. The summed E-state index contributed by atoms with van der Waals surface area (Å²) < 4.78 is 5.49. The Labute approximate surface area is 105 Å². The molecule has 0 saturated carbocycles. The van der Waals surface area contributed by atoms with Crippen LogP contribution in [0.4, 0.5) is 0 Å². The number of carbonyl (C=O) groups is 1. The third-order valence-electron chi connectivity index (χ3n) is 3.40. The lowest BCUT2D eigenvalue weighted by Gasteiger charge is -2.34. The van der Waals surface area contributed by atoms with E-state index in [1.54, 1.807) is 11.3 Å². The maximum absolute atomic E-state index is 12.0. The first-order valence-electron chi connectivity index (χ1n) is 6.00. The number of carbonyl (C=O) groups excluding carboxylic acids is 1. The van der Waals surface area contributed by atoms with E-state index in [1.165, 1.54) is 5.56 Å². The van der Waals surface area contributed by atoms with Gasteiger partial charge in [-0.05, 0) is 35.2 Å². The van der Waals surface area contributed by atoms with E-state index in [-0.39, 0.29) is 18.1 Å². The second kappa shape index (κ2) is 4.76. The third kappa shape index (κ3) is 2.10. The van der Waals surface area contributed by atoms with Crippen molar-refractivity contribution in [3.8, 4) is 0 Å². The first-order chi connectivity index (χ1) is 8.36. The summed E-state index contributed by atoms with van der Waals surface area (Å²) >= 11 is 1.67. The van der Waals surface area contributed by atoms with E-state index in [4.69, 9.17) is 4.74 Å². The van der Waals surface area contributed by atoms with Crippen LogP contribution in [0.25, 0.3) is 0 Å². The van der Waals surface area contributed by atoms with Crippen molar-refractivity contribution in [3.63, 3.8) is 0 Å².